The van der Waals surface area contributed by atoms with Crippen LogP contribution in [0.1, 0.15) is 11.1 Å². The fourth-order valence-corrected chi connectivity index (χ4v) is 1.74. The van der Waals surface area contributed by atoms with Crippen molar-refractivity contribution in [3.63, 3.8) is 0 Å². The van der Waals surface area contributed by atoms with E-state index in [1.165, 1.54) is 0 Å². The molecule has 1 heterocycles. The molecule has 16 heavy (non-hydrogen) atoms. The zero-order valence-electron chi connectivity index (χ0n) is 8.42. The van der Waals surface area contributed by atoms with Crippen LogP contribution in [-0.4, -0.2) is 10.9 Å². The number of hydrogen-bond acceptors (Lipinski definition) is 3. The zero-order valence-corrected chi connectivity index (χ0v) is 8.42. The third-order valence-electron chi connectivity index (χ3n) is 2.55. The molecule has 0 amide bonds. The molecule has 0 aromatic heterocycles. The predicted molar refractivity (Wildman–Crippen MR) is 60.4 cm³/mol. The van der Waals surface area contributed by atoms with Crippen LogP contribution in [0, 0.1) is 0 Å². The maximum absolute atomic E-state index is 9.11. The molecule has 0 saturated heterocycles. The Hall–Kier alpha value is -2.29. The minimum Gasteiger partial charge on any atom is -0.449 e. The Morgan fingerprint density at radius 1 is 1.00 bits per heavy atom. The zero-order chi connectivity index (χ0) is 11.0. The molecular weight excluding hydrogens is 202 g/mol. The molecule has 0 spiro atoms. The van der Waals surface area contributed by atoms with E-state index in [4.69, 9.17) is 9.94 Å². The maximum Gasteiger partial charge on any atom is 0.179 e. The van der Waals surface area contributed by atoms with Crippen molar-refractivity contribution >= 4 is 5.71 Å². The lowest BCUT2D eigenvalue weighted by Gasteiger charge is -2.02. The number of nitrogens with zero attached hydrogens (tertiary/aromatic N) is 1. The molecule has 1 aliphatic rings. The molecule has 0 fully saturated rings. The molecule has 3 nitrogen and oxygen atoms in total. The van der Waals surface area contributed by atoms with Crippen LogP contribution in [0.3, 0.4) is 0 Å². The maximum atomic E-state index is 9.11. The largest absolute Gasteiger partial charge is 0.449 e. The first kappa shape index (κ1) is 8.97. The summed E-state index contributed by atoms with van der Waals surface area (Å²) in [6.45, 7) is 0. The van der Waals surface area contributed by atoms with Crippen molar-refractivity contribution in [1.29, 1.82) is 0 Å². The molecule has 3 rings (SSSR count). The Labute approximate surface area is 92.6 Å². The Balaban J connectivity index is 2.10. The second-order valence-corrected chi connectivity index (χ2v) is 3.55. The lowest BCUT2D eigenvalue weighted by Crippen LogP contribution is -2.01. The van der Waals surface area contributed by atoms with E-state index < -0.39 is 0 Å². The molecule has 0 unspecified atom stereocenters. The van der Waals surface area contributed by atoms with Crippen molar-refractivity contribution in [2.75, 3.05) is 0 Å². The van der Waals surface area contributed by atoms with Crippen LogP contribution >= 0.6 is 0 Å². The number of fused-ring (bicyclic) bond motifs is 1. The van der Waals surface area contributed by atoms with Crippen LogP contribution in [0.2, 0.25) is 0 Å². The van der Waals surface area contributed by atoms with Gasteiger partial charge in [0.2, 0.25) is 0 Å². The Morgan fingerprint density at radius 3 is 2.56 bits per heavy atom. The highest BCUT2D eigenvalue weighted by Gasteiger charge is 2.27. The highest BCUT2D eigenvalue weighted by atomic mass is 16.6. The van der Waals surface area contributed by atoms with Gasteiger partial charge in [-0.15, -0.1) is 0 Å². The van der Waals surface area contributed by atoms with Gasteiger partial charge in [-0.25, -0.2) is 0 Å². The summed E-state index contributed by atoms with van der Waals surface area (Å²) in [6.07, 6.45) is 0. The molecule has 2 aromatic rings. The summed E-state index contributed by atoms with van der Waals surface area (Å²) >= 11 is 0. The van der Waals surface area contributed by atoms with Crippen molar-refractivity contribution in [3.8, 4) is 11.5 Å². The molecule has 2 aromatic carbocycles. The van der Waals surface area contributed by atoms with Crippen LogP contribution in [0.5, 0.6) is 11.5 Å². The third-order valence-corrected chi connectivity index (χ3v) is 2.55. The normalized spacial score (nSPS) is 12.9. The van der Waals surface area contributed by atoms with E-state index >= 15 is 0 Å². The smallest absolute Gasteiger partial charge is 0.179 e. The van der Waals surface area contributed by atoms with E-state index in [0.717, 1.165) is 22.6 Å². The first-order valence-corrected chi connectivity index (χ1v) is 4.99. The van der Waals surface area contributed by atoms with E-state index in [-0.39, 0.29) is 0 Å². The van der Waals surface area contributed by atoms with E-state index in [1.807, 2.05) is 48.5 Å². The van der Waals surface area contributed by atoms with Crippen molar-refractivity contribution < 1.29 is 9.94 Å². The minimum absolute atomic E-state index is 0.537. The molecule has 1 N–H and O–H groups in total. The fraction of sp³-hybridized carbons (Fsp3) is 0. The lowest BCUT2D eigenvalue weighted by molar-refractivity contribution is 0.319. The average molecular weight is 211 g/mol. The van der Waals surface area contributed by atoms with Gasteiger partial charge < -0.3 is 9.94 Å². The number of ether oxygens (including phenoxy) is 1. The standard InChI is InChI=1S/C13H9NO2/c15-14-12(9-5-2-1-3-6-9)10-7-4-8-11-13(10)16-11/h1-8,15H/b14-12-. The highest BCUT2D eigenvalue weighted by Crippen LogP contribution is 2.48. The molecule has 0 saturated carbocycles. The summed E-state index contributed by atoms with van der Waals surface area (Å²) in [5, 5.41) is 12.5. The number of para-hydroxylation sites is 1. The number of hydrogen-bond donors (Lipinski definition) is 1. The number of benzene rings is 2. The molecule has 0 radical (unpaired) electrons. The Kier molecular flexibility index (Phi) is 1.90. The summed E-state index contributed by atoms with van der Waals surface area (Å²) in [4.78, 5) is 0. The van der Waals surface area contributed by atoms with Gasteiger partial charge in [0.15, 0.2) is 11.5 Å². The summed E-state index contributed by atoms with van der Waals surface area (Å²) in [6, 6.07) is 15.2. The third kappa shape index (κ3) is 1.34. The molecule has 0 aliphatic carbocycles. The summed E-state index contributed by atoms with van der Waals surface area (Å²) in [7, 11) is 0. The number of rotatable bonds is 2. The predicted octanol–water partition coefficient (Wildman–Crippen LogP) is 3.02. The SMILES string of the molecule is O/N=C(/c1ccccc1)c1cccc2c1O2. The van der Waals surface area contributed by atoms with E-state index in [1.54, 1.807) is 0 Å². The Morgan fingerprint density at radius 2 is 1.81 bits per heavy atom. The van der Waals surface area contributed by atoms with Gasteiger partial charge in [0.25, 0.3) is 0 Å². The summed E-state index contributed by atoms with van der Waals surface area (Å²) in [5.74, 6) is 1.66. The van der Waals surface area contributed by atoms with Gasteiger partial charge >= 0.3 is 0 Å². The molecule has 1 aliphatic heterocycles. The van der Waals surface area contributed by atoms with Crippen molar-refractivity contribution in [3.05, 3.63) is 59.7 Å². The topological polar surface area (TPSA) is 45.1 Å². The van der Waals surface area contributed by atoms with E-state index in [0.29, 0.717) is 5.71 Å². The van der Waals surface area contributed by atoms with Gasteiger partial charge in [-0.05, 0) is 12.1 Å². The van der Waals surface area contributed by atoms with E-state index in [9.17, 15) is 0 Å². The van der Waals surface area contributed by atoms with Crippen LogP contribution in [0.4, 0.5) is 0 Å². The Bertz CT molecular complexity index is 561. The first-order valence-electron chi connectivity index (χ1n) is 4.99. The van der Waals surface area contributed by atoms with Crippen LogP contribution in [0.25, 0.3) is 0 Å². The molecule has 3 heteroatoms. The van der Waals surface area contributed by atoms with Gasteiger partial charge in [-0.3, -0.25) is 0 Å². The first-order chi connectivity index (χ1) is 7.90. The molecule has 0 atom stereocenters. The summed E-state index contributed by atoms with van der Waals surface area (Å²) < 4.78 is 5.28. The van der Waals surface area contributed by atoms with Crippen LogP contribution < -0.4 is 4.74 Å². The van der Waals surface area contributed by atoms with Crippen molar-refractivity contribution in [2.24, 2.45) is 5.16 Å². The molecule has 78 valence electrons. The second-order valence-electron chi connectivity index (χ2n) is 3.55. The molecule has 0 bridgehead atoms. The van der Waals surface area contributed by atoms with Gasteiger partial charge in [-0.2, -0.15) is 0 Å². The van der Waals surface area contributed by atoms with Crippen LogP contribution in [0.15, 0.2) is 53.7 Å². The molecular formula is C13H9NO2. The second kappa shape index (κ2) is 3.38. The minimum atomic E-state index is 0.537. The fourth-order valence-electron chi connectivity index (χ4n) is 1.74. The van der Waals surface area contributed by atoms with Gasteiger partial charge in [0.1, 0.15) is 5.71 Å². The monoisotopic (exact) mass is 211 g/mol. The van der Waals surface area contributed by atoms with E-state index in [2.05, 4.69) is 5.16 Å². The van der Waals surface area contributed by atoms with Gasteiger partial charge in [0.05, 0.1) is 5.56 Å². The van der Waals surface area contributed by atoms with Crippen molar-refractivity contribution in [1.82, 2.24) is 0 Å². The van der Waals surface area contributed by atoms with Crippen molar-refractivity contribution in [2.45, 2.75) is 0 Å². The van der Waals surface area contributed by atoms with Gasteiger partial charge in [-0.1, -0.05) is 41.6 Å². The highest BCUT2D eigenvalue weighted by molar-refractivity contribution is 6.15. The van der Waals surface area contributed by atoms with Gasteiger partial charge in [0, 0.05) is 5.56 Å². The quantitative estimate of drug-likeness (QED) is 0.306. The van der Waals surface area contributed by atoms with Crippen LogP contribution in [-0.2, 0) is 0 Å². The number of oxime groups is 1. The lowest BCUT2D eigenvalue weighted by atomic mass is 10.0. The average Bonchev–Trinajstić information content (AvgIpc) is 3.11. The summed E-state index contributed by atoms with van der Waals surface area (Å²) in [5.41, 5.74) is 2.23.